The fourth-order valence-electron chi connectivity index (χ4n) is 7.83. The largest absolute Gasteiger partial charge is 0.373 e. The molecule has 0 spiro atoms. The summed E-state index contributed by atoms with van der Waals surface area (Å²) in [5.74, 6) is 1.41. The van der Waals surface area contributed by atoms with Crippen molar-refractivity contribution in [2.75, 3.05) is 13.6 Å². The van der Waals surface area contributed by atoms with E-state index in [1.807, 2.05) is 25.2 Å². The minimum absolute atomic E-state index is 0.587. The first-order valence-corrected chi connectivity index (χ1v) is 18.1. The highest BCUT2D eigenvalue weighted by Crippen LogP contribution is 2.42. The highest BCUT2D eigenvalue weighted by molar-refractivity contribution is 6.26. The molecule has 0 amide bonds. The van der Waals surface area contributed by atoms with Crippen LogP contribution in [0.3, 0.4) is 0 Å². The van der Waals surface area contributed by atoms with Crippen molar-refractivity contribution in [1.29, 1.82) is 0 Å². The average Bonchev–Trinajstić information content (AvgIpc) is 3.73. The number of para-hydroxylation sites is 2. The van der Waals surface area contributed by atoms with E-state index in [1.54, 1.807) is 0 Å². The number of benzene rings is 6. The summed E-state index contributed by atoms with van der Waals surface area (Å²) in [7, 11) is 1.92. The fourth-order valence-corrected chi connectivity index (χ4v) is 7.83. The van der Waals surface area contributed by atoms with Crippen LogP contribution in [0.25, 0.3) is 66.0 Å². The van der Waals surface area contributed by atoms with Gasteiger partial charge in [0.25, 0.3) is 0 Å². The monoisotopic (exact) mass is 673 g/mol. The molecule has 5 nitrogen and oxygen atoms in total. The molecule has 1 aliphatic carbocycles. The van der Waals surface area contributed by atoms with Gasteiger partial charge in [-0.05, 0) is 66.3 Å². The molecule has 2 heterocycles. The Hall–Kier alpha value is -6.46. The third-order valence-corrected chi connectivity index (χ3v) is 10.1. The summed E-state index contributed by atoms with van der Waals surface area (Å²) in [5.41, 5.74) is 11.5. The molecule has 1 N–H and O–H groups in total. The van der Waals surface area contributed by atoms with Gasteiger partial charge in [-0.25, -0.2) is 0 Å². The minimum atomic E-state index is 0.587. The van der Waals surface area contributed by atoms with E-state index >= 15 is 0 Å². The van der Waals surface area contributed by atoms with Gasteiger partial charge in [0, 0.05) is 46.4 Å². The smallest absolute Gasteiger partial charge is 0.232 e. The molecule has 5 heteroatoms. The molecule has 52 heavy (non-hydrogen) atoms. The third kappa shape index (κ3) is 5.25. The third-order valence-electron chi connectivity index (χ3n) is 10.1. The number of aliphatic imine (C=N–C) groups is 2. The number of nitrogens with zero attached hydrogens (tertiary/aromatic N) is 4. The van der Waals surface area contributed by atoms with E-state index < -0.39 is 0 Å². The van der Waals surface area contributed by atoms with Gasteiger partial charge in [-0.1, -0.05) is 133 Å². The van der Waals surface area contributed by atoms with Gasteiger partial charge in [0.2, 0.25) is 5.96 Å². The van der Waals surface area contributed by atoms with E-state index in [9.17, 15) is 0 Å². The van der Waals surface area contributed by atoms with Crippen LogP contribution in [0.5, 0.6) is 0 Å². The molecule has 8 aromatic rings. The summed E-state index contributed by atoms with van der Waals surface area (Å²) < 4.78 is 4.73. The lowest BCUT2D eigenvalue weighted by atomic mass is 9.91. The molecule has 0 fully saturated rings. The van der Waals surface area contributed by atoms with Crippen LogP contribution in [-0.2, 0) is 0 Å². The number of amidine groups is 1. The van der Waals surface area contributed by atoms with Crippen LogP contribution < -0.4 is 5.32 Å². The lowest BCUT2D eigenvalue weighted by Gasteiger charge is -2.17. The first kappa shape index (κ1) is 31.5. The van der Waals surface area contributed by atoms with Gasteiger partial charge in [0.1, 0.15) is 5.84 Å². The van der Waals surface area contributed by atoms with Crippen molar-refractivity contribution in [2.24, 2.45) is 9.98 Å². The van der Waals surface area contributed by atoms with Gasteiger partial charge in [-0.2, -0.15) is 4.99 Å². The second-order valence-corrected chi connectivity index (χ2v) is 13.1. The normalized spacial score (nSPS) is 13.8. The summed E-state index contributed by atoms with van der Waals surface area (Å²) in [6, 6.07) is 50.0. The highest BCUT2D eigenvalue weighted by atomic mass is 15.2. The molecule has 0 saturated heterocycles. The number of hydrogen-bond donors (Lipinski definition) is 1. The maximum atomic E-state index is 5.27. The molecule has 6 aromatic carbocycles. The molecule has 0 atom stereocenters. The molecule has 0 aliphatic heterocycles. The summed E-state index contributed by atoms with van der Waals surface area (Å²) in [5, 5.41) is 8.07. The second kappa shape index (κ2) is 13.3. The lowest BCUT2D eigenvalue weighted by Crippen LogP contribution is -2.23. The molecule has 0 saturated carbocycles. The quantitative estimate of drug-likeness (QED) is 0.143. The Morgan fingerprint density at radius 1 is 0.654 bits per heavy atom. The van der Waals surface area contributed by atoms with Crippen molar-refractivity contribution < 1.29 is 0 Å². The molecule has 0 bridgehead atoms. The van der Waals surface area contributed by atoms with Gasteiger partial charge < -0.3 is 9.88 Å². The predicted molar refractivity (Wildman–Crippen MR) is 221 cm³/mol. The number of aromatic nitrogens is 2. The number of nitrogens with one attached hydrogen (secondary N) is 1. The van der Waals surface area contributed by atoms with Crippen LogP contribution >= 0.6 is 0 Å². The van der Waals surface area contributed by atoms with Crippen molar-refractivity contribution in [1.82, 2.24) is 14.5 Å². The van der Waals surface area contributed by atoms with E-state index in [4.69, 9.17) is 9.98 Å². The zero-order valence-corrected chi connectivity index (χ0v) is 29.4. The van der Waals surface area contributed by atoms with Crippen LogP contribution in [0, 0.1) is 0 Å². The van der Waals surface area contributed by atoms with Crippen molar-refractivity contribution in [3.05, 3.63) is 169 Å². The molecule has 252 valence electrons. The predicted octanol–water partition coefficient (Wildman–Crippen LogP) is 11.2. The minimum Gasteiger partial charge on any atom is -0.373 e. The Balaban J connectivity index is 1.40. The zero-order chi connectivity index (χ0) is 35.0. The van der Waals surface area contributed by atoms with Crippen LogP contribution in [0.15, 0.2) is 168 Å². The van der Waals surface area contributed by atoms with Gasteiger partial charge in [-0.3, -0.25) is 9.56 Å². The van der Waals surface area contributed by atoms with Crippen molar-refractivity contribution >= 4 is 61.0 Å². The number of rotatable bonds is 5. The van der Waals surface area contributed by atoms with Gasteiger partial charge in [-0.15, -0.1) is 0 Å². The Kier molecular flexibility index (Phi) is 8.09. The number of fused-ring (bicyclic) bond motifs is 7. The van der Waals surface area contributed by atoms with Gasteiger partial charge >= 0.3 is 0 Å². The lowest BCUT2D eigenvalue weighted by molar-refractivity contribution is 1.04. The Bertz CT molecular complexity index is 2740. The molecule has 1 aliphatic rings. The first-order chi connectivity index (χ1) is 25.7. The van der Waals surface area contributed by atoms with Gasteiger partial charge in [0.05, 0.1) is 22.1 Å². The van der Waals surface area contributed by atoms with Crippen molar-refractivity contribution in [3.63, 3.8) is 0 Å². The van der Waals surface area contributed by atoms with Crippen molar-refractivity contribution in [3.8, 4) is 16.8 Å². The van der Waals surface area contributed by atoms with Crippen molar-refractivity contribution in [2.45, 2.75) is 19.8 Å². The maximum absolute atomic E-state index is 5.27. The molecule has 0 radical (unpaired) electrons. The average molecular weight is 674 g/mol. The Morgan fingerprint density at radius 3 is 2.04 bits per heavy atom. The topological polar surface area (TPSA) is 46.6 Å². The number of hydrogen-bond acceptors (Lipinski definition) is 1. The number of allylic oxidation sites excluding steroid dienone is 4. The Morgan fingerprint density at radius 2 is 1.33 bits per heavy atom. The zero-order valence-electron chi connectivity index (χ0n) is 29.4. The van der Waals surface area contributed by atoms with Crippen LogP contribution in [0.1, 0.15) is 30.9 Å². The van der Waals surface area contributed by atoms with E-state index in [2.05, 4.69) is 161 Å². The summed E-state index contributed by atoms with van der Waals surface area (Å²) in [4.78, 5) is 10.4. The fraction of sp³-hybridized carbons (Fsp3) is 0.106. The van der Waals surface area contributed by atoms with E-state index in [-0.39, 0.29) is 0 Å². The Labute approximate surface area is 303 Å². The second-order valence-electron chi connectivity index (χ2n) is 13.1. The van der Waals surface area contributed by atoms with E-state index in [1.165, 1.54) is 33.0 Å². The molecular weight excluding hydrogens is 635 g/mol. The van der Waals surface area contributed by atoms with E-state index in [0.29, 0.717) is 12.5 Å². The molecular formula is C47H39N5. The molecule has 0 unspecified atom stereocenters. The van der Waals surface area contributed by atoms with Gasteiger partial charge in [0.15, 0.2) is 0 Å². The highest BCUT2D eigenvalue weighted by Gasteiger charge is 2.23. The standard InChI is InChI=1S/C47H39N5/c1-3-49-47(50-46(48-2)34-21-11-6-12-22-34)52-43-26-16-14-24-38(43)40-30-29-39-37-23-13-15-25-42(37)51(44(39)45(40)52)35-27-28-36(32-17-7-4-8-18-32)41(31-35)33-19-9-5-10-20-33/h5-7,9-31H,3-4,8H2,1-2H3,(H,48,49,50). The summed E-state index contributed by atoms with van der Waals surface area (Å²) in [6.45, 7) is 2.66. The van der Waals surface area contributed by atoms with Crippen LogP contribution in [0.2, 0.25) is 0 Å². The SMILES string of the molecule is CCN=C(N=C(NC)c1ccccc1)n1c2ccccc2c2ccc3c4ccccc4n(-c4ccc(C5=CCCC=C5)c(-c5ccccc5)c4)c3c21. The van der Waals surface area contributed by atoms with E-state index in [0.717, 1.165) is 62.8 Å². The first-order valence-electron chi connectivity index (χ1n) is 18.1. The van der Waals surface area contributed by atoms with Crippen LogP contribution in [0.4, 0.5) is 0 Å². The van der Waals surface area contributed by atoms with Crippen LogP contribution in [-0.4, -0.2) is 34.5 Å². The maximum Gasteiger partial charge on any atom is 0.232 e. The summed E-state index contributed by atoms with van der Waals surface area (Å²) in [6.07, 6.45) is 9.07. The molecule has 9 rings (SSSR count). The summed E-state index contributed by atoms with van der Waals surface area (Å²) >= 11 is 0. The molecule has 2 aromatic heterocycles.